The molecule has 23 heavy (non-hydrogen) atoms. The van der Waals surface area contributed by atoms with E-state index >= 15 is 0 Å². The molecule has 1 aromatic carbocycles. The van der Waals surface area contributed by atoms with Gasteiger partial charge in [-0.15, -0.1) is 0 Å². The van der Waals surface area contributed by atoms with Crippen molar-refractivity contribution in [2.45, 2.75) is 32.5 Å². The number of hydrogen-bond donors (Lipinski definition) is 2. The van der Waals surface area contributed by atoms with Gasteiger partial charge in [-0.05, 0) is 37.9 Å². The summed E-state index contributed by atoms with van der Waals surface area (Å²) in [5.74, 6) is -0.0160. The van der Waals surface area contributed by atoms with E-state index in [-0.39, 0.29) is 24.1 Å². The SMILES string of the molecule is Cc1ccc(CNC(=O)C2CCCNC2)c(OCC(F)(F)F)c1. The molecule has 1 amide bonds. The Hall–Kier alpha value is -1.76. The van der Waals surface area contributed by atoms with Gasteiger partial charge in [0.15, 0.2) is 6.61 Å². The van der Waals surface area contributed by atoms with Gasteiger partial charge in [-0.3, -0.25) is 4.79 Å². The topological polar surface area (TPSA) is 50.4 Å². The van der Waals surface area contributed by atoms with Crippen molar-refractivity contribution in [2.75, 3.05) is 19.7 Å². The highest BCUT2D eigenvalue weighted by Crippen LogP contribution is 2.24. The molecule has 0 radical (unpaired) electrons. The zero-order valence-electron chi connectivity index (χ0n) is 13.0. The van der Waals surface area contributed by atoms with Crippen molar-refractivity contribution in [2.24, 2.45) is 5.92 Å². The second kappa shape index (κ2) is 7.68. The van der Waals surface area contributed by atoms with Gasteiger partial charge in [0.2, 0.25) is 5.91 Å². The summed E-state index contributed by atoms with van der Waals surface area (Å²) in [7, 11) is 0. The number of ether oxygens (including phenoxy) is 1. The monoisotopic (exact) mass is 330 g/mol. The molecule has 128 valence electrons. The first kappa shape index (κ1) is 17.6. The van der Waals surface area contributed by atoms with E-state index in [1.54, 1.807) is 25.1 Å². The zero-order valence-corrected chi connectivity index (χ0v) is 13.0. The van der Waals surface area contributed by atoms with E-state index in [0.717, 1.165) is 24.9 Å². The Bertz CT molecular complexity index is 541. The highest BCUT2D eigenvalue weighted by molar-refractivity contribution is 5.79. The number of carbonyl (C=O) groups excluding carboxylic acids is 1. The Balaban J connectivity index is 1.96. The van der Waals surface area contributed by atoms with Crippen LogP contribution in [0, 0.1) is 12.8 Å². The quantitative estimate of drug-likeness (QED) is 0.872. The molecule has 0 aliphatic carbocycles. The summed E-state index contributed by atoms with van der Waals surface area (Å²) in [4.78, 5) is 12.1. The number of nitrogens with one attached hydrogen (secondary N) is 2. The minimum Gasteiger partial charge on any atom is -0.484 e. The van der Waals surface area contributed by atoms with Gasteiger partial charge in [-0.25, -0.2) is 0 Å². The van der Waals surface area contributed by atoms with Crippen molar-refractivity contribution in [3.63, 3.8) is 0 Å². The molecule has 4 nitrogen and oxygen atoms in total. The number of rotatable bonds is 5. The first-order valence-electron chi connectivity index (χ1n) is 7.62. The lowest BCUT2D eigenvalue weighted by Crippen LogP contribution is -2.40. The molecule has 1 aromatic rings. The maximum atomic E-state index is 12.3. The van der Waals surface area contributed by atoms with Crippen LogP contribution in [0.15, 0.2) is 18.2 Å². The molecule has 2 rings (SSSR count). The molecule has 7 heteroatoms. The van der Waals surface area contributed by atoms with Gasteiger partial charge in [0.05, 0.1) is 5.92 Å². The highest BCUT2D eigenvalue weighted by atomic mass is 19.4. The van der Waals surface area contributed by atoms with Crippen molar-refractivity contribution in [3.05, 3.63) is 29.3 Å². The number of amides is 1. The number of carbonyl (C=O) groups is 1. The Kier molecular flexibility index (Phi) is 5.87. The average Bonchev–Trinajstić information content (AvgIpc) is 2.52. The van der Waals surface area contributed by atoms with Crippen LogP contribution in [0.4, 0.5) is 13.2 Å². The van der Waals surface area contributed by atoms with E-state index in [4.69, 9.17) is 4.74 Å². The van der Waals surface area contributed by atoms with Gasteiger partial charge in [-0.2, -0.15) is 13.2 Å². The fraction of sp³-hybridized carbons (Fsp3) is 0.562. The molecule has 1 heterocycles. The van der Waals surface area contributed by atoms with Gasteiger partial charge in [0.1, 0.15) is 5.75 Å². The van der Waals surface area contributed by atoms with Crippen LogP contribution in [0.3, 0.4) is 0 Å². The number of alkyl halides is 3. The van der Waals surface area contributed by atoms with Crippen molar-refractivity contribution < 1.29 is 22.7 Å². The average molecular weight is 330 g/mol. The molecule has 1 aliphatic heterocycles. The normalized spacial score (nSPS) is 18.5. The summed E-state index contributed by atoms with van der Waals surface area (Å²) < 4.78 is 41.9. The Morgan fingerprint density at radius 1 is 1.43 bits per heavy atom. The van der Waals surface area contributed by atoms with E-state index in [1.165, 1.54) is 0 Å². The largest absolute Gasteiger partial charge is 0.484 e. The predicted octanol–water partition coefficient (Wildman–Crippen LogP) is 2.55. The van der Waals surface area contributed by atoms with Crippen LogP contribution in [0.25, 0.3) is 0 Å². The maximum absolute atomic E-state index is 12.3. The molecule has 1 unspecified atom stereocenters. The number of aryl methyl sites for hydroxylation is 1. The van der Waals surface area contributed by atoms with Crippen LogP contribution in [0.2, 0.25) is 0 Å². The lowest BCUT2D eigenvalue weighted by atomic mass is 9.99. The molecule has 2 N–H and O–H groups in total. The summed E-state index contributed by atoms with van der Waals surface area (Å²) >= 11 is 0. The van der Waals surface area contributed by atoms with Crippen molar-refractivity contribution >= 4 is 5.91 Å². The molecule has 1 fully saturated rings. The molecular formula is C16H21F3N2O2. The molecule has 0 spiro atoms. The molecular weight excluding hydrogens is 309 g/mol. The van der Waals surface area contributed by atoms with Gasteiger partial charge >= 0.3 is 6.18 Å². The predicted molar refractivity (Wildman–Crippen MR) is 80.2 cm³/mol. The van der Waals surface area contributed by atoms with E-state index in [0.29, 0.717) is 12.1 Å². The Labute approximate surface area is 133 Å². The van der Waals surface area contributed by atoms with Crippen LogP contribution in [-0.4, -0.2) is 31.8 Å². The van der Waals surface area contributed by atoms with Crippen LogP contribution in [-0.2, 0) is 11.3 Å². The highest BCUT2D eigenvalue weighted by Gasteiger charge is 2.29. The second-order valence-electron chi connectivity index (χ2n) is 5.78. The number of hydrogen-bond acceptors (Lipinski definition) is 3. The van der Waals surface area contributed by atoms with E-state index in [1.807, 2.05) is 0 Å². The minimum absolute atomic E-state index is 0.0838. The lowest BCUT2D eigenvalue weighted by molar-refractivity contribution is -0.153. The zero-order chi connectivity index (χ0) is 16.9. The third kappa shape index (κ3) is 5.74. The molecule has 1 atom stereocenters. The van der Waals surface area contributed by atoms with Crippen molar-refractivity contribution in [3.8, 4) is 5.75 Å². The minimum atomic E-state index is -4.39. The smallest absolute Gasteiger partial charge is 0.422 e. The van der Waals surface area contributed by atoms with Crippen LogP contribution in [0.1, 0.15) is 24.0 Å². The van der Waals surface area contributed by atoms with Crippen LogP contribution >= 0.6 is 0 Å². The third-order valence-electron chi connectivity index (χ3n) is 3.73. The summed E-state index contributed by atoms with van der Waals surface area (Å²) in [6.45, 7) is 2.14. The van der Waals surface area contributed by atoms with Gasteiger partial charge in [0, 0.05) is 18.7 Å². The summed E-state index contributed by atoms with van der Waals surface area (Å²) in [5.41, 5.74) is 1.34. The lowest BCUT2D eigenvalue weighted by Gasteiger charge is -2.22. The molecule has 0 saturated carbocycles. The first-order valence-corrected chi connectivity index (χ1v) is 7.62. The van der Waals surface area contributed by atoms with Gasteiger partial charge in [-0.1, -0.05) is 12.1 Å². The van der Waals surface area contributed by atoms with Gasteiger partial charge < -0.3 is 15.4 Å². The molecule has 0 aromatic heterocycles. The molecule has 0 bridgehead atoms. The summed E-state index contributed by atoms with van der Waals surface area (Å²) in [5, 5.41) is 5.94. The van der Waals surface area contributed by atoms with Gasteiger partial charge in [0.25, 0.3) is 0 Å². The summed E-state index contributed by atoms with van der Waals surface area (Å²) in [6, 6.07) is 5.01. The number of halogens is 3. The van der Waals surface area contributed by atoms with Crippen LogP contribution < -0.4 is 15.4 Å². The first-order chi connectivity index (χ1) is 10.8. The van der Waals surface area contributed by atoms with E-state index < -0.39 is 12.8 Å². The fourth-order valence-corrected chi connectivity index (χ4v) is 2.50. The number of piperidine rings is 1. The number of benzene rings is 1. The van der Waals surface area contributed by atoms with Crippen LogP contribution in [0.5, 0.6) is 5.75 Å². The second-order valence-corrected chi connectivity index (χ2v) is 5.78. The third-order valence-corrected chi connectivity index (χ3v) is 3.73. The maximum Gasteiger partial charge on any atom is 0.422 e. The fourth-order valence-electron chi connectivity index (χ4n) is 2.50. The standard InChI is InChI=1S/C16H21F3N2O2/c1-11-4-5-12(14(7-11)23-10-16(17,18)19)9-21-15(22)13-3-2-6-20-8-13/h4-5,7,13,20H,2-3,6,8-10H2,1H3,(H,21,22). The van der Waals surface area contributed by atoms with E-state index in [2.05, 4.69) is 10.6 Å². The summed E-state index contributed by atoms with van der Waals surface area (Å²) in [6.07, 6.45) is -2.62. The van der Waals surface area contributed by atoms with Crippen molar-refractivity contribution in [1.82, 2.24) is 10.6 Å². The van der Waals surface area contributed by atoms with E-state index in [9.17, 15) is 18.0 Å². The molecule has 1 saturated heterocycles. The Morgan fingerprint density at radius 2 is 2.22 bits per heavy atom. The van der Waals surface area contributed by atoms with Crippen molar-refractivity contribution in [1.29, 1.82) is 0 Å². The molecule has 1 aliphatic rings. The Morgan fingerprint density at radius 3 is 2.87 bits per heavy atom.